The smallest absolute Gasteiger partial charge is 0.228 e. The van der Waals surface area contributed by atoms with Crippen molar-refractivity contribution in [1.82, 2.24) is 0 Å². The van der Waals surface area contributed by atoms with Crippen molar-refractivity contribution >= 4 is 23.0 Å². The van der Waals surface area contributed by atoms with E-state index in [0.29, 0.717) is 12.1 Å². The first-order chi connectivity index (χ1) is 8.29. The number of hydrogen-bond acceptors (Lipinski definition) is 4. The number of aliphatic hydroxyl groups is 1. The largest absolute Gasteiger partial charge is 0.397 e. The lowest BCUT2D eigenvalue weighted by atomic mass is 9.97. The fourth-order valence-electron chi connectivity index (χ4n) is 1.85. The van der Waals surface area contributed by atoms with Crippen LogP contribution in [0.2, 0.25) is 0 Å². The second-order valence-electron chi connectivity index (χ2n) is 5.34. The molecular formula is C13H19N3O2. The highest BCUT2D eigenvalue weighted by molar-refractivity contribution is 6.00. The molecule has 0 bridgehead atoms. The number of aliphatic hydroxyl groups excluding tert-OH is 1. The fraction of sp³-hybridized carbons (Fsp3) is 0.462. The van der Waals surface area contributed by atoms with Crippen LogP contribution in [0.5, 0.6) is 0 Å². The minimum atomic E-state index is -0.528. The Balaban J connectivity index is 2.31. The van der Waals surface area contributed by atoms with Gasteiger partial charge in [-0.3, -0.25) is 4.79 Å². The van der Waals surface area contributed by atoms with Crippen molar-refractivity contribution in [2.24, 2.45) is 0 Å². The third-order valence-electron chi connectivity index (χ3n) is 3.40. The van der Waals surface area contributed by atoms with E-state index in [0.717, 1.165) is 16.9 Å². The molecule has 5 heteroatoms. The zero-order chi connectivity index (χ0) is 13.5. The van der Waals surface area contributed by atoms with Crippen molar-refractivity contribution in [3.8, 4) is 0 Å². The van der Waals surface area contributed by atoms with Gasteiger partial charge in [-0.2, -0.15) is 0 Å². The molecule has 0 aliphatic carbocycles. The van der Waals surface area contributed by atoms with Crippen molar-refractivity contribution in [1.29, 1.82) is 0 Å². The molecule has 1 aliphatic heterocycles. The molecule has 98 valence electrons. The highest BCUT2D eigenvalue weighted by atomic mass is 16.3. The van der Waals surface area contributed by atoms with E-state index < -0.39 is 11.6 Å². The molecule has 0 radical (unpaired) electrons. The lowest BCUT2D eigenvalue weighted by Crippen LogP contribution is -2.42. The van der Waals surface area contributed by atoms with Crippen molar-refractivity contribution < 1.29 is 9.90 Å². The molecule has 0 saturated heterocycles. The zero-order valence-electron chi connectivity index (χ0n) is 10.9. The van der Waals surface area contributed by atoms with E-state index in [1.807, 2.05) is 19.9 Å². The number of nitrogens with one attached hydrogen (secondary N) is 2. The van der Waals surface area contributed by atoms with Crippen molar-refractivity contribution in [3.05, 3.63) is 17.7 Å². The number of fused-ring (bicyclic) bond motifs is 1. The van der Waals surface area contributed by atoms with Crippen LogP contribution in [0.15, 0.2) is 12.1 Å². The normalized spacial score (nSPS) is 16.1. The van der Waals surface area contributed by atoms with Crippen molar-refractivity contribution in [3.63, 3.8) is 0 Å². The van der Waals surface area contributed by atoms with Crippen molar-refractivity contribution in [2.75, 3.05) is 16.4 Å². The Labute approximate surface area is 106 Å². The van der Waals surface area contributed by atoms with Crippen LogP contribution in [-0.2, 0) is 11.2 Å². The Morgan fingerprint density at radius 1 is 1.50 bits per heavy atom. The molecule has 1 heterocycles. The number of benzene rings is 1. The summed E-state index contributed by atoms with van der Waals surface area (Å²) in [6.07, 6.45) is -0.153. The van der Waals surface area contributed by atoms with Gasteiger partial charge in [0.2, 0.25) is 5.91 Å². The summed E-state index contributed by atoms with van der Waals surface area (Å²) in [5.74, 6) is -0.0173. The molecule has 5 N–H and O–H groups in total. The molecule has 1 aromatic rings. The van der Waals surface area contributed by atoms with Gasteiger partial charge in [0.25, 0.3) is 0 Å². The molecule has 0 aromatic heterocycles. The number of rotatable bonds is 3. The summed E-state index contributed by atoms with van der Waals surface area (Å²) < 4.78 is 0. The molecule has 0 fully saturated rings. The summed E-state index contributed by atoms with van der Waals surface area (Å²) in [4.78, 5) is 11.3. The molecule has 18 heavy (non-hydrogen) atoms. The van der Waals surface area contributed by atoms with Crippen LogP contribution in [0.25, 0.3) is 0 Å². The molecule has 0 saturated carbocycles. The number of carbonyl (C=O) groups is 1. The average molecular weight is 249 g/mol. The molecule has 1 atom stereocenters. The van der Waals surface area contributed by atoms with E-state index in [1.54, 1.807) is 13.0 Å². The Kier molecular flexibility index (Phi) is 2.94. The Morgan fingerprint density at radius 2 is 2.17 bits per heavy atom. The minimum Gasteiger partial charge on any atom is -0.397 e. The molecular weight excluding hydrogens is 230 g/mol. The summed E-state index contributed by atoms with van der Waals surface area (Å²) in [5, 5.41) is 15.7. The van der Waals surface area contributed by atoms with Gasteiger partial charge >= 0.3 is 0 Å². The summed E-state index contributed by atoms with van der Waals surface area (Å²) in [7, 11) is 0. The van der Waals surface area contributed by atoms with Gasteiger partial charge in [0, 0.05) is 5.69 Å². The third-order valence-corrected chi connectivity index (χ3v) is 3.40. The van der Waals surface area contributed by atoms with Crippen LogP contribution in [0.3, 0.4) is 0 Å². The molecule has 1 amide bonds. The van der Waals surface area contributed by atoms with Gasteiger partial charge < -0.3 is 21.5 Å². The lowest BCUT2D eigenvalue weighted by Gasteiger charge is -2.31. The summed E-state index contributed by atoms with van der Waals surface area (Å²) in [6, 6.07) is 3.62. The number of hydrogen-bond donors (Lipinski definition) is 4. The Morgan fingerprint density at radius 3 is 2.78 bits per heavy atom. The van der Waals surface area contributed by atoms with Crippen LogP contribution in [0.4, 0.5) is 17.1 Å². The van der Waals surface area contributed by atoms with E-state index in [2.05, 4.69) is 10.6 Å². The standard InChI is InChI=1S/C13H19N3O2/c1-7(17)13(2,3)16-11-6-10-8(4-9(11)14)5-12(18)15-10/h4,6-7,16-17H,5,14H2,1-3H3,(H,15,18). The Hall–Kier alpha value is -1.75. The summed E-state index contributed by atoms with van der Waals surface area (Å²) >= 11 is 0. The van der Waals surface area contributed by atoms with Gasteiger partial charge in [0.05, 0.1) is 29.4 Å². The molecule has 1 aromatic carbocycles. The molecule has 5 nitrogen and oxygen atoms in total. The van der Waals surface area contributed by atoms with E-state index in [1.165, 1.54) is 0 Å². The zero-order valence-corrected chi connectivity index (χ0v) is 10.9. The lowest BCUT2D eigenvalue weighted by molar-refractivity contribution is -0.115. The van der Waals surface area contributed by atoms with Gasteiger partial charge in [-0.15, -0.1) is 0 Å². The van der Waals surface area contributed by atoms with Gasteiger partial charge in [-0.25, -0.2) is 0 Å². The van der Waals surface area contributed by atoms with E-state index in [-0.39, 0.29) is 5.91 Å². The first-order valence-corrected chi connectivity index (χ1v) is 5.98. The predicted octanol–water partition coefficient (Wildman–Crippen LogP) is 1.33. The Bertz CT molecular complexity index is 495. The van der Waals surface area contributed by atoms with E-state index >= 15 is 0 Å². The second kappa shape index (κ2) is 4.17. The second-order valence-corrected chi connectivity index (χ2v) is 5.34. The molecule has 0 spiro atoms. The van der Waals surface area contributed by atoms with Crippen molar-refractivity contribution in [2.45, 2.75) is 38.8 Å². The van der Waals surface area contributed by atoms with E-state index in [4.69, 9.17) is 5.73 Å². The molecule has 2 rings (SSSR count). The van der Waals surface area contributed by atoms with Crippen LogP contribution in [0.1, 0.15) is 26.3 Å². The van der Waals surface area contributed by atoms with Crippen LogP contribution in [-0.4, -0.2) is 22.7 Å². The number of amides is 1. The highest BCUT2D eigenvalue weighted by Crippen LogP contribution is 2.33. The maximum absolute atomic E-state index is 11.3. The van der Waals surface area contributed by atoms with E-state index in [9.17, 15) is 9.90 Å². The predicted molar refractivity (Wildman–Crippen MR) is 72.6 cm³/mol. The average Bonchev–Trinajstić information content (AvgIpc) is 2.57. The molecule has 1 unspecified atom stereocenters. The van der Waals surface area contributed by atoms with Gasteiger partial charge in [0.15, 0.2) is 0 Å². The minimum absolute atomic E-state index is 0.0173. The van der Waals surface area contributed by atoms with Crippen LogP contribution < -0.4 is 16.4 Å². The fourth-order valence-corrected chi connectivity index (χ4v) is 1.85. The van der Waals surface area contributed by atoms with Gasteiger partial charge in [0.1, 0.15) is 0 Å². The number of anilines is 3. The summed E-state index contributed by atoms with van der Waals surface area (Å²) in [5.41, 5.74) is 8.48. The monoisotopic (exact) mass is 249 g/mol. The number of nitrogen functional groups attached to an aromatic ring is 1. The van der Waals surface area contributed by atoms with Gasteiger partial charge in [-0.05, 0) is 38.5 Å². The summed E-state index contributed by atoms with van der Waals surface area (Å²) in [6.45, 7) is 5.50. The maximum Gasteiger partial charge on any atom is 0.228 e. The quantitative estimate of drug-likeness (QED) is 0.609. The van der Waals surface area contributed by atoms with Gasteiger partial charge in [-0.1, -0.05) is 0 Å². The topological polar surface area (TPSA) is 87.4 Å². The SMILES string of the molecule is CC(O)C(C)(C)Nc1cc2c(cc1N)CC(=O)N2. The highest BCUT2D eigenvalue weighted by Gasteiger charge is 2.26. The third kappa shape index (κ3) is 2.26. The number of carbonyl (C=O) groups excluding carboxylic acids is 1. The first-order valence-electron chi connectivity index (χ1n) is 5.98. The van der Waals surface area contributed by atoms with Crippen LogP contribution in [0, 0.1) is 0 Å². The maximum atomic E-state index is 11.3. The van der Waals surface area contributed by atoms with Crippen LogP contribution >= 0.6 is 0 Å². The first kappa shape index (κ1) is 12.7. The number of nitrogens with two attached hydrogens (primary N) is 1. The molecule has 1 aliphatic rings.